The molecule has 0 atom stereocenters. The van der Waals surface area contributed by atoms with Gasteiger partial charge in [-0.3, -0.25) is 30.2 Å². The molecule has 38 heavy (non-hydrogen) atoms. The molecule has 4 aromatic rings. The van der Waals surface area contributed by atoms with Crippen molar-refractivity contribution in [3.8, 4) is 23.0 Å². The van der Waals surface area contributed by atoms with Crippen molar-refractivity contribution in [3.63, 3.8) is 0 Å². The molecule has 0 saturated carbocycles. The van der Waals surface area contributed by atoms with Gasteiger partial charge in [-0.1, -0.05) is 0 Å². The van der Waals surface area contributed by atoms with Gasteiger partial charge in [-0.05, 0) is 83.9 Å². The van der Waals surface area contributed by atoms with Crippen LogP contribution in [0.5, 0.6) is 23.0 Å². The van der Waals surface area contributed by atoms with Gasteiger partial charge < -0.3 is 9.47 Å². The molecule has 4 aromatic carbocycles. The van der Waals surface area contributed by atoms with Crippen LogP contribution in [-0.2, 0) is 0 Å². The lowest BCUT2D eigenvalue weighted by molar-refractivity contribution is -0.385. The monoisotopic (exact) mass is 510 g/mol. The van der Waals surface area contributed by atoms with Crippen molar-refractivity contribution in [1.29, 1.82) is 0 Å². The number of nitrogens with zero attached hydrogens (tertiary/aromatic N) is 4. The van der Waals surface area contributed by atoms with Crippen LogP contribution >= 0.6 is 0 Å². The van der Waals surface area contributed by atoms with Crippen LogP contribution < -0.4 is 9.47 Å². The van der Waals surface area contributed by atoms with Crippen molar-refractivity contribution < 1.29 is 19.3 Å². The molecule has 0 heterocycles. The molecule has 0 radical (unpaired) electrons. The van der Waals surface area contributed by atoms with Crippen molar-refractivity contribution >= 4 is 23.8 Å². The minimum absolute atomic E-state index is 0.0117. The minimum atomic E-state index is -0.455. The van der Waals surface area contributed by atoms with Gasteiger partial charge in [-0.15, -0.1) is 0 Å². The normalized spacial score (nSPS) is 11.1. The molecular formula is C28H22N4O6. The maximum absolute atomic E-state index is 10.7. The zero-order valence-corrected chi connectivity index (χ0v) is 20.0. The summed E-state index contributed by atoms with van der Waals surface area (Å²) in [4.78, 5) is 29.3. The van der Waals surface area contributed by atoms with Crippen LogP contribution in [0.25, 0.3) is 0 Å². The quantitative estimate of drug-likeness (QED) is 0.0964. The number of nitro benzene ring substituents is 2. The van der Waals surface area contributed by atoms with Crippen molar-refractivity contribution in [2.75, 3.05) is 13.1 Å². The average molecular weight is 511 g/mol. The standard InChI is InChI=1S/C28H22N4O6/c33-31(34)23-5-13-27(14-6-23)37-25-9-1-21(2-10-25)19-29-17-18-30-20-22-3-11-26(12-4-22)38-28-15-7-24(8-16-28)32(35)36/h1-16,19-20H,17-18H2. The summed E-state index contributed by atoms with van der Waals surface area (Å²) in [6, 6.07) is 26.5. The fourth-order valence-corrected chi connectivity index (χ4v) is 3.24. The van der Waals surface area contributed by atoms with Gasteiger partial charge in [0.2, 0.25) is 0 Å². The molecule has 0 saturated heterocycles. The first-order valence-corrected chi connectivity index (χ1v) is 11.5. The molecule has 0 aliphatic heterocycles. The van der Waals surface area contributed by atoms with E-state index in [1.54, 1.807) is 61.0 Å². The molecular weight excluding hydrogens is 488 g/mol. The third-order valence-electron chi connectivity index (χ3n) is 5.17. The molecule has 0 aromatic heterocycles. The summed E-state index contributed by atoms with van der Waals surface area (Å²) in [7, 11) is 0. The first kappa shape index (κ1) is 25.7. The van der Waals surface area contributed by atoms with Gasteiger partial charge in [0, 0.05) is 36.7 Å². The zero-order valence-electron chi connectivity index (χ0n) is 20.0. The highest BCUT2D eigenvalue weighted by molar-refractivity contribution is 5.80. The number of hydrogen-bond acceptors (Lipinski definition) is 8. The molecule has 0 aliphatic carbocycles. The Bertz CT molecular complexity index is 1320. The second-order valence-corrected chi connectivity index (χ2v) is 7.91. The minimum Gasteiger partial charge on any atom is -0.457 e. The molecule has 0 unspecified atom stereocenters. The number of ether oxygens (including phenoxy) is 2. The van der Waals surface area contributed by atoms with Crippen molar-refractivity contribution in [2.45, 2.75) is 0 Å². The summed E-state index contributed by atoms with van der Waals surface area (Å²) in [5, 5.41) is 21.5. The Kier molecular flexibility index (Phi) is 8.48. The van der Waals surface area contributed by atoms with E-state index in [1.807, 2.05) is 24.3 Å². The summed E-state index contributed by atoms with van der Waals surface area (Å²) in [6.45, 7) is 1.05. The van der Waals surface area contributed by atoms with Crippen LogP contribution in [0, 0.1) is 20.2 Å². The van der Waals surface area contributed by atoms with Crippen LogP contribution in [0.4, 0.5) is 11.4 Å². The van der Waals surface area contributed by atoms with E-state index in [1.165, 1.54) is 24.3 Å². The number of aliphatic imine (C=N–C) groups is 2. The predicted molar refractivity (Wildman–Crippen MR) is 144 cm³/mol. The molecule has 0 spiro atoms. The number of hydrogen-bond donors (Lipinski definition) is 0. The van der Waals surface area contributed by atoms with E-state index in [0.29, 0.717) is 36.1 Å². The number of benzene rings is 4. The Morgan fingerprint density at radius 1 is 0.526 bits per heavy atom. The maximum Gasteiger partial charge on any atom is 0.269 e. The highest BCUT2D eigenvalue weighted by atomic mass is 16.6. The van der Waals surface area contributed by atoms with Gasteiger partial charge in [0.05, 0.1) is 22.9 Å². The van der Waals surface area contributed by atoms with Gasteiger partial charge in [-0.2, -0.15) is 0 Å². The second-order valence-electron chi connectivity index (χ2n) is 7.91. The van der Waals surface area contributed by atoms with Crippen LogP contribution in [-0.4, -0.2) is 35.4 Å². The van der Waals surface area contributed by atoms with E-state index in [-0.39, 0.29) is 11.4 Å². The molecule has 0 N–H and O–H groups in total. The molecule has 190 valence electrons. The molecule has 10 heteroatoms. The largest absolute Gasteiger partial charge is 0.457 e. The van der Waals surface area contributed by atoms with Crippen LogP contribution in [0.15, 0.2) is 107 Å². The zero-order chi connectivity index (χ0) is 26.7. The molecule has 0 bridgehead atoms. The van der Waals surface area contributed by atoms with Crippen molar-refractivity contribution in [3.05, 3.63) is 128 Å². The Morgan fingerprint density at radius 3 is 1.11 bits per heavy atom. The number of nitro groups is 2. The smallest absolute Gasteiger partial charge is 0.269 e. The van der Waals surface area contributed by atoms with Crippen LogP contribution in [0.1, 0.15) is 11.1 Å². The van der Waals surface area contributed by atoms with Gasteiger partial charge >= 0.3 is 0 Å². The van der Waals surface area contributed by atoms with Crippen LogP contribution in [0.2, 0.25) is 0 Å². The first-order chi connectivity index (χ1) is 18.5. The molecule has 0 aliphatic rings. The Balaban J connectivity index is 1.19. The lowest BCUT2D eigenvalue weighted by Crippen LogP contribution is -1.91. The van der Waals surface area contributed by atoms with E-state index in [0.717, 1.165) is 11.1 Å². The number of rotatable bonds is 11. The van der Waals surface area contributed by atoms with E-state index in [4.69, 9.17) is 9.47 Å². The SMILES string of the molecule is O=[N+]([O-])c1ccc(Oc2ccc(C=NCCN=Cc3ccc(Oc4ccc([N+](=O)[O-])cc4)cc3)cc2)cc1. The molecule has 0 fully saturated rings. The van der Waals surface area contributed by atoms with Gasteiger partial charge in [0.15, 0.2) is 0 Å². The Hall–Kier alpha value is -5.38. The van der Waals surface area contributed by atoms with Gasteiger partial charge in [0.1, 0.15) is 23.0 Å². The first-order valence-electron chi connectivity index (χ1n) is 11.5. The maximum atomic E-state index is 10.7. The fourth-order valence-electron chi connectivity index (χ4n) is 3.24. The molecule has 4 rings (SSSR count). The van der Waals surface area contributed by atoms with E-state index in [9.17, 15) is 20.2 Å². The summed E-state index contributed by atoms with van der Waals surface area (Å²) < 4.78 is 11.4. The third-order valence-corrected chi connectivity index (χ3v) is 5.17. The molecule has 10 nitrogen and oxygen atoms in total. The van der Waals surface area contributed by atoms with E-state index in [2.05, 4.69) is 9.98 Å². The second kappa shape index (κ2) is 12.5. The third kappa shape index (κ3) is 7.56. The summed E-state index contributed by atoms with van der Waals surface area (Å²) in [5.41, 5.74) is 1.84. The van der Waals surface area contributed by atoms with Crippen molar-refractivity contribution in [2.24, 2.45) is 9.98 Å². The predicted octanol–water partition coefficient (Wildman–Crippen LogP) is 6.63. The highest BCUT2D eigenvalue weighted by Crippen LogP contribution is 2.25. The Labute approximate surface area is 217 Å². The fraction of sp³-hybridized carbons (Fsp3) is 0.0714. The summed E-state index contributed by atoms with van der Waals surface area (Å²) in [6.07, 6.45) is 3.52. The van der Waals surface area contributed by atoms with Crippen molar-refractivity contribution in [1.82, 2.24) is 0 Å². The topological polar surface area (TPSA) is 129 Å². The average Bonchev–Trinajstić information content (AvgIpc) is 2.93. The highest BCUT2D eigenvalue weighted by Gasteiger charge is 2.06. The van der Waals surface area contributed by atoms with Gasteiger partial charge in [0.25, 0.3) is 11.4 Å². The van der Waals surface area contributed by atoms with Gasteiger partial charge in [-0.25, -0.2) is 0 Å². The summed E-state index contributed by atoms with van der Waals surface area (Å²) in [5.74, 6) is 2.26. The van der Waals surface area contributed by atoms with E-state index < -0.39 is 9.85 Å². The lowest BCUT2D eigenvalue weighted by atomic mass is 10.2. The van der Waals surface area contributed by atoms with Crippen LogP contribution in [0.3, 0.4) is 0 Å². The molecule has 0 amide bonds. The summed E-state index contributed by atoms with van der Waals surface area (Å²) >= 11 is 0. The van der Waals surface area contributed by atoms with E-state index >= 15 is 0 Å². The Morgan fingerprint density at radius 2 is 0.816 bits per heavy atom. The number of non-ortho nitro benzene ring substituents is 2. The lowest BCUT2D eigenvalue weighted by Gasteiger charge is -2.05.